The summed E-state index contributed by atoms with van der Waals surface area (Å²) >= 11 is 0. The van der Waals surface area contributed by atoms with Crippen molar-refractivity contribution in [3.05, 3.63) is 42.1 Å². The van der Waals surface area contributed by atoms with Crippen LogP contribution in [0.4, 0.5) is 0 Å². The van der Waals surface area contributed by atoms with Gasteiger partial charge in [0.05, 0.1) is 0 Å². The molecule has 2 N–H and O–H groups in total. The quantitative estimate of drug-likeness (QED) is 0.768. The fourth-order valence-corrected chi connectivity index (χ4v) is 3.17. The highest BCUT2D eigenvalue weighted by Crippen LogP contribution is 2.30. The molecule has 0 aliphatic carbocycles. The van der Waals surface area contributed by atoms with Gasteiger partial charge in [-0.1, -0.05) is 50.5 Å². The van der Waals surface area contributed by atoms with E-state index >= 15 is 0 Å². The number of unbranched alkanes of at least 4 members (excludes halogenated alkanes) is 2. The van der Waals surface area contributed by atoms with Crippen LogP contribution in [0.15, 0.2) is 36.5 Å². The van der Waals surface area contributed by atoms with Gasteiger partial charge in [-0.15, -0.1) is 0 Å². The highest BCUT2D eigenvalue weighted by molar-refractivity contribution is 5.92. The summed E-state index contributed by atoms with van der Waals surface area (Å²) < 4.78 is 0. The van der Waals surface area contributed by atoms with E-state index in [0.29, 0.717) is 6.04 Å². The van der Waals surface area contributed by atoms with Crippen molar-refractivity contribution < 1.29 is 0 Å². The summed E-state index contributed by atoms with van der Waals surface area (Å²) in [5.74, 6) is 0. The minimum absolute atomic E-state index is 0.648. The molecule has 1 aromatic heterocycles. The second-order valence-electron chi connectivity index (χ2n) is 5.78. The Labute approximate surface area is 121 Å². The lowest BCUT2D eigenvalue weighted by molar-refractivity contribution is 0.475. The molecule has 20 heavy (non-hydrogen) atoms. The molecule has 106 valence electrons. The van der Waals surface area contributed by atoms with Crippen LogP contribution in [0.1, 0.15) is 44.6 Å². The lowest BCUT2D eigenvalue weighted by Crippen LogP contribution is -2.32. The van der Waals surface area contributed by atoms with Crippen LogP contribution in [-0.2, 0) is 0 Å². The predicted molar refractivity (Wildman–Crippen MR) is 86.8 cm³/mol. The summed E-state index contributed by atoms with van der Waals surface area (Å²) in [6, 6.07) is 9.23. The van der Waals surface area contributed by atoms with Gasteiger partial charge < -0.3 is 10.3 Å². The van der Waals surface area contributed by atoms with Crippen LogP contribution in [0, 0.1) is 0 Å². The maximum Gasteiger partial charge on any atom is 0.0460 e. The molecular formula is C18H24N2. The molecule has 1 aliphatic rings. The van der Waals surface area contributed by atoms with Crippen LogP contribution in [-0.4, -0.2) is 17.6 Å². The zero-order valence-corrected chi connectivity index (χ0v) is 12.3. The number of nitrogens with one attached hydrogen (secondary N) is 2. The van der Waals surface area contributed by atoms with E-state index in [-0.39, 0.29) is 0 Å². The Kier molecular flexibility index (Phi) is 4.22. The van der Waals surface area contributed by atoms with E-state index in [1.54, 1.807) is 0 Å². The number of para-hydroxylation sites is 1. The minimum Gasteiger partial charge on any atom is -0.361 e. The third-order valence-corrected chi connectivity index (χ3v) is 4.31. The molecule has 2 heteroatoms. The van der Waals surface area contributed by atoms with E-state index in [1.807, 2.05) is 0 Å². The van der Waals surface area contributed by atoms with Crippen molar-refractivity contribution >= 4 is 16.5 Å². The monoisotopic (exact) mass is 268 g/mol. The average Bonchev–Trinajstić information content (AvgIpc) is 2.92. The SMILES string of the molecule is CCCCCC1CC(c2c[nH]c3ccccc23)=CCN1. The maximum absolute atomic E-state index is 3.63. The molecule has 0 bridgehead atoms. The molecule has 2 nitrogen and oxygen atoms in total. The summed E-state index contributed by atoms with van der Waals surface area (Å²) in [6.45, 7) is 3.28. The van der Waals surface area contributed by atoms with Gasteiger partial charge in [-0.25, -0.2) is 0 Å². The molecule has 0 saturated heterocycles. The van der Waals surface area contributed by atoms with E-state index in [9.17, 15) is 0 Å². The third-order valence-electron chi connectivity index (χ3n) is 4.31. The van der Waals surface area contributed by atoms with Crippen LogP contribution in [0.3, 0.4) is 0 Å². The second-order valence-corrected chi connectivity index (χ2v) is 5.78. The molecule has 3 rings (SSSR count). The van der Waals surface area contributed by atoms with Gasteiger partial charge in [0.2, 0.25) is 0 Å². The van der Waals surface area contributed by atoms with Crippen LogP contribution in [0.25, 0.3) is 16.5 Å². The summed E-state index contributed by atoms with van der Waals surface area (Å²) in [5.41, 5.74) is 4.13. The van der Waals surface area contributed by atoms with Crippen molar-refractivity contribution in [1.29, 1.82) is 0 Å². The number of H-pyrrole nitrogens is 1. The zero-order valence-electron chi connectivity index (χ0n) is 12.3. The number of aromatic amines is 1. The Balaban J connectivity index is 1.75. The predicted octanol–water partition coefficient (Wildman–Crippen LogP) is 4.49. The molecular weight excluding hydrogens is 244 g/mol. The first-order valence-electron chi connectivity index (χ1n) is 7.87. The Hall–Kier alpha value is -1.54. The number of rotatable bonds is 5. The summed E-state index contributed by atoms with van der Waals surface area (Å²) in [7, 11) is 0. The van der Waals surface area contributed by atoms with Crippen molar-refractivity contribution in [3.63, 3.8) is 0 Å². The molecule has 2 heterocycles. The van der Waals surface area contributed by atoms with Gasteiger partial charge in [0.1, 0.15) is 0 Å². The first-order chi connectivity index (χ1) is 9.88. The molecule has 2 aromatic rings. The molecule has 0 fully saturated rings. The molecule has 1 unspecified atom stereocenters. The minimum atomic E-state index is 0.648. The summed E-state index contributed by atoms with van der Waals surface area (Å²) in [5, 5.41) is 4.99. The summed E-state index contributed by atoms with van der Waals surface area (Å²) in [6.07, 6.45) is 11.0. The van der Waals surface area contributed by atoms with Gasteiger partial charge in [-0.05, 0) is 24.5 Å². The maximum atomic E-state index is 3.63. The topological polar surface area (TPSA) is 27.8 Å². The largest absolute Gasteiger partial charge is 0.361 e. The molecule has 1 atom stereocenters. The Morgan fingerprint density at radius 1 is 1.20 bits per heavy atom. The van der Waals surface area contributed by atoms with Crippen LogP contribution < -0.4 is 5.32 Å². The van der Waals surface area contributed by atoms with Crippen molar-refractivity contribution in [2.75, 3.05) is 6.54 Å². The number of benzene rings is 1. The number of fused-ring (bicyclic) bond motifs is 1. The van der Waals surface area contributed by atoms with E-state index < -0.39 is 0 Å². The Morgan fingerprint density at radius 3 is 3.00 bits per heavy atom. The van der Waals surface area contributed by atoms with Gasteiger partial charge in [-0.2, -0.15) is 0 Å². The molecule has 0 radical (unpaired) electrons. The Morgan fingerprint density at radius 2 is 2.10 bits per heavy atom. The van der Waals surface area contributed by atoms with Gasteiger partial charge >= 0.3 is 0 Å². The van der Waals surface area contributed by atoms with Crippen molar-refractivity contribution in [3.8, 4) is 0 Å². The highest BCUT2D eigenvalue weighted by atomic mass is 14.9. The lowest BCUT2D eigenvalue weighted by atomic mass is 9.92. The molecule has 0 saturated carbocycles. The molecule has 0 spiro atoms. The second kappa shape index (κ2) is 6.27. The highest BCUT2D eigenvalue weighted by Gasteiger charge is 2.17. The number of aromatic nitrogens is 1. The Bertz CT molecular complexity index is 594. The number of hydrogen-bond donors (Lipinski definition) is 2. The van der Waals surface area contributed by atoms with E-state index in [2.05, 4.69) is 53.8 Å². The van der Waals surface area contributed by atoms with Crippen molar-refractivity contribution in [2.24, 2.45) is 0 Å². The van der Waals surface area contributed by atoms with Crippen LogP contribution in [0.2, 0.25) is 0 Å². The van der Waals surface area contributed by atoms with Crippen LogP contribution >= 0.6 is 0 Å². The molecule has 0 amide bonds. The van der Waals surface area contributed by atoms with Gasteiger partial charge in [0, 0.05) is 35.2 Å². The van der Waals surface area contributed by atoms with Crippen molar-refractivity contribution in [1.82, 2.24) is 10.3 Å². The van der Waals surface area contributed by atoms with Crippen molar-refractivity contribution in [2.45, 2.75) is 45.1 Å². The average molecular weight is 268 g/mol. The smallest absolute Gasteiger partial charge is 0.0460 e. The summed E-state index contributed by atoms with van der Waals surface area (Å²) in [4.78, 5) is 3.39. The van der Waals surface area contributed by atoms with Gasteiger partial charge in [0.25, 0.3) is 0 Å². The first-order valence-corrected chi connectivity index (χ1v) is 7.87. The standard InChI is InChI=1S/C18H24N2/c1-2-3-4-7-15-12-14(10-11-19-15)17-13-20-18-9-6-5-8-16(17)18/h5-6,8-10,13,15,19-20H,2-4,7,11-12H2,1H3. The normalized spacial score (nSPS) is 19.2. The molecule has 1 aromatic carbocycles. The first kappa shape index (κ1) is 13.4. The fourth-order valence-electron chi connectivity index (χ4n) is 3.17. The van der Waals surface area contributed by atoms with E-state index in [0.717, 1.165) is 13.0 Å². The lowest BCUT2D eigenvalue weighted by Gasteiger charge is -2.24. The fraction of sp³-hybridized carbons (Fsp3) is 0.444. The van der Waals surface area contributed by atoms with Gasteiger partial charge in [-0.3, -0.25) is 0 Å². The van der Waals surface area contributed by atoms with Crippen LogP contribution in [0.5, 0.6) is 0 Å². The molecule has 1 aliphatic heterocycles. The zero-order chi connectivity index (χ0) is 13.8. The third kappa shape index (κ3) is 2.80. The number of hydrogen-bond acceptors (Lipinski definition) is 1. The van der Waals surface area contributed by atoms with E-state index in [4.69, 9.17) is 0 Å². The van der Waals surface area contributed by atoms with Gasteiger partial charge in [0.15, 0.2) is 0 Å². The van der Waals surface area contributed by atoms with E-state index in [1.165, 1.54) is 47.7 Å².